The molecule has 0 amide bonds. The van der Waals surface area contributed by atoms with Crippen LogP contribution >= 0.6 is 0 Å². The van der Waals surface area contributed by atoms with Gasteiger partial charge in [-0.15, -0.1) is 0 Å². The Labute approximate surface area is 126 Å². The summed E-state index contributed by atoms with van der Waals surface area (Å²) in [6, 6.07) is 9.59. The molecule has 21 heavy (non-hydrogen) atoms. The number of hydrogen-bond donors (Lipinski definition) is 1. The second-order valence-corrected chi connectivity index (χ2v) is 5.02. The zero-order valence-electron chi connectivity index (χ0n) is 12.8. The molecule has 0 spiro atoms. The van der Waals surface area contributed by atoms with Crippen molar-refractivity contribution in [1.29, 1.82) is 0 Å². The van der Waals surface area contributed by atoms with Crippen molar-refractivity contribution in [3.63, 3.8) is 0 Å². The van der Waals surface area contributed by atoms with E-state index in [1.807, 2.05) is 30.3 Å². The highest BCUT2D eigenvalue weighted by atomic mass is 16.5. The van der Waals surface area contributed by atoms with Crippen LogP contribution in [0.25, 0.3) is 0 Å². The summed E-state index contributed by atoms with van der Waals surface area (Å²) < 4.78 is 15.9. The second-order valence-electron chi connectivity index (χ2n) is 5.02. The normalized spacial score (nSPS) is 13.5. The van der Waals surface area contributed by atoms with Crippen molar-refractivity contribution >= 4 is 5.97 Å². The van der Waals surface area contributed by atoms with E-state index in [0.717, 1.165) is 5.75 Å². The minimum absolute atomic E-state index is 0.346. The molecular formula is C16H25NO4. The molecule has 1 aromatic carbocycles. The number of rotatable bonds is 10. The van der Waals surface area contributed by atoms with Crippen molar-refractivity contribution in [2.75, 3.05) is 26.4 Å². The van der Waals surface area contributed by atoms with Crippen LogP contribution in [-0.2, 0) is 14.3 Å². The summed E-state index contributed by atoms with van der Waals surface area (Å²) in [5.41, 5.74) is 4.96. The predicted octanol–water partition coefficient (Wildman–Crippen LogP) is 2.14. The van der Waals surface area contributed by atoms with E-state index in [2.05, 4.69) is 0 Å². The maximum absolute atomic E-state index is 11.6. The lowest BCUT2D eigenvalue weighted by molar-refractivity contribution is -0.149. The second kappa shape index (κ2) is 9.37. The van der Waals surface area contributed by atoms with Crippen LogP contribution in [0.4, 0.5) is 0 Å². The number of carbonyl (C=O) groups is 1. The summed E-state index contributed by atoms with van der Waals surface area (Å²) in [6.45, 7) is 5.36. The molecule has 1 unspecified atom stereocenters. The molecule has 5 heteroatoms. The van der Waals surface area contributed by atoms with Crippen LogP contribution in [0.5, 0.6) is 5.75 Å². The molecule has 0 aromatic heterocycles. The molecule has 0 fully saturated rings. The molecule has 0 aliphatic heterocycles. The van der Waals surface area contributed by atoms with E-state index in [4.69, 9.17) is 19.9 Å². The van der Waals surface area contributed by atoms with Crippen LogP contribution < -0.4 is 10.5 Å². The topological polar surface area (TPSA) is 70.8 Å². The van der Waals surface area contributed by atoms with Crippen LogP contribution in [0.1, 0.15) is 26.7 Å². The van der Waals surface area contributed by atoms with Gasteiger partial charge in [-0.3, -0.25) is 4.79 Å². The van der Waals surface area contributed by atoms with Gasteiger partial charge >= 0.3 is 5.97 Å². The first-order valence-corrected chi connectivity index (χ1v) is 7.28. The third-order valence-corrected chi connectivity index (χ3v) is 2.97. The first-order chi connectivity index (χ1) is 10.1. The fraction of sp³-hybridized carbons (Fsp3) is 0.562. The Morgan fingerprint density at radius 1 is 1.19 bits per heavy atom. The van der Waals surface area contributed by atoms with Crippen LogP contribution in [0, 0.1) is 0 Å². The lowest BCUT2D eigenvalue weighted by Crippen LogP contribution is -2.46. The number of hydrogen-bond acceptors (Lipinski definition) is 5. The molecule has 0 saturated heterocycles. The standard InChI is InChI=1S/C16H25NO4/c1-3-20-15(18)16(2,17)10-7-11-19-12-13-21-14-8-5-4-6-9-14/h4-6,8-9H,3,7,10-13,17H2,1-2H3. The predicted molar refractivity (Wildman–Crippen MR) is 81.2 cm³/mol. The van der Waals surface area contributed by atoms with Crippen molar-refractivity contribution in [2.24, 2.45) is 5.73 Å². The van der Waals surface area contributed by atoms with E-state index in [1.54, 1.807) is 13.8 Å². The molecule has 0 saturated carbocycles. The van der Waals surface area contributed by atoms with Gasteiger partial charge in [0.1, 0.15) is 17.9 Å². The lowest BCUT2D eigenvalue weighted by Gasteiger charge is -2.21. The van der Waals surface area contributed by atoms with Crippen LogP contribution in [0.2, 0.25) is 0 Å². The molecular weight excluding hydrogens is 270 g/mol. The van der Waals surface area contributed by atoms with Gasteiger partial charge in [0.05, 0.1) is 13.2 Å². The maximum Gasteiger partial charge on any atom is 0.325 e. The van der Waals surface area contributed by atoms with E-state index in [9.17, 15) is 4.79 Å². The zero-order valence-corrected chi connectivity index (χ0v) is 12.8. The number of carbonyl (C=O) groups excluding carboxylic acids is 1. The number of esters is 1. The van der Waals surface area contributed by atoms with Crippen molar-refractivity contribution in [1.82, 2.24) is 0 Å². The average Bonchev–Trinajstić information content (AvgIpc) is 2.47. The van der Waals surface area contributed by atoms with E-state index >= 15 is 0 Å². The SMILES string of the molecule is CCOC(=O)C(C)(N)CCCOCCOc1ccccc1. The Morgan fingerprint density at radius 2 is 1.90 bits per heavy atom. The van der Waals surface area contributed by atoms with Gasteiger partial charge in [0, 0.05) is 6.61 Å². The maximum atomic E-state index is 11.6. The van der Waals surface area contributed by atoms with Gasteiger partial charge in [-0.1, -0.05) is 18.2 Å². The molecule has 1 rings (SSSR count). The molecule has 5 nitrogen and oxygen atoms in total. The fourth-order valence-corrected chi connectivity index (χ4v) is 1.78. The van der Waals surface area contributed by atoms with E-state index in [-0.39, 0.29) is 5.97 Å². The Balaban J connectivity index is 2.05. The van der Waals surface area contributed by atoms with Crippen molar-refractivity contribution in [2.45, 2.75) is 32.2 Å². The Hall–Kier alpha value is -1.59. The molecule has 0 heterocycles. The highest BCUT2D eigenvalue weighted by Crippen LogP contribution is 2.11. The average molecular weight is 295 g/mol. The highest BCUT2D eigenvalue weighted by Gasteiger charge is 2.29. The van der Waals surface area contributed by atoms with Gasteiger partial charge in [-0.2, -0.15) is 0 Å². The van der Waals surface area contributed by atoms with E-state index < -0.39 is 5.54 Å². The minimum Gasteiger partial charge on any atom is -0.491 e. The molecule has 0 aliphatic carbocycles. The van der Waals surface area contributed by atoms with Crippen LogP contribution in [0.3, 0.4) is 0 Å². The minimum atomic E-state index is -0.945. The molecule has 0 bridgehead atoms. The first kappa shape index (κ1) is 17.5. The highest BCUT2D eigenvalue weighted by molar-refractivity contribution is 5.79. The van der Waals surface area contributed by atoms with Crippen molar-refractivity contribution < 1.29 is 19.0 Å². The smallest absolute Gasteiger partial charge is 0.325 e. The van der Waals surface area contributed by atoms with E-state index in [0.29, 0.717) is 39.3 Å². The number of ether oxygens (including phenoxy) is 3. The van der Waals surface area contributed by atoms with E-state index in [1.165, 1.54) is 0 Å². The van der Waals surface area contributed by atoms with Gasteiger partial charge in [-0.25, -0.2) is 0 Å². The summed E-state index contributed by atoms with van der Waals surface area (Å²) in [5, 5.41) is 0. The van der Waals surface area contributed by atoms with Gasteiger partial charge in [0.2, 0.25) is 0 Å². The monoisotopic (exact) mass is 295 g/mol. The summed E-state index contributed by atoms with van der Waals surface area (Å²) in [7, 11) is 0. The summed E-state index contributed by atoms with van der Waals surface area (Å²) in [6.07, 6.45) is 1.24. The third-order valence-electron chi connectivity index (χ3n) is 2.97. The molecule has 1 aromatic rings. The summed E-state index contributed by atoms with van der Waals surface area (Å²) in [4.78, 5) is 11.6. The Bertz CT molecular complexity index is 406. The summed E-state index contributed by atoms with van der Waals surface area (Å²) in [5.74, 6) is 0.468. The van der Waals surface area contributed by atoms with Gasteiger partial charge in [0.15, 0.2) is 0 Å². The third kappa shape index (κ3) is 7.11. The fourth-order valence-electron chi connectivity index (χ4n) is 1.78. The molecule has 0 radical (unpaired) electrons. The van der Waals surface area contributed by atoms with Gasteiger partial charge in [-0.05, 0) is 38.8 Å². The van der Waals surface area contributed by atoms with Gasteiger partial charge in [0.25, 0.3) is 0 Å². The van der Waals surface area contributed by atoms with Crippen LogP contribution in [0.15, 0.2) is 30.3 Å². The lowest BCUT2D eigenvalue weighted by atomic mass is 9.98. The number of para-hydroxylation sites is 1. The van der Waals surface area contributed by atoms with Crippen LogP contribution in [-0.4, -0.2) is 37.9 Å². The Kier molecular flexibility index (Phi) is 7.79. The summed E-state index contributed by atoms with van der Waals surface area (Å²) >= 11 is 0. The number of nitrogens with two attached hydrogens (primary N) is 1. The largest absolute Gasteiger partial charge is 0.491 e. The first-order valence-electron chi connectivity index (χ1n) is 7.28. The van der Waals surface area contributed by atoms with Gasteiger partial charge < -0.3 is 19.9 Å². The van der Waals surface area contributed by atoms with Crippen molar-refractivity contribution in [3.8, 4) is 5.75 Å². The zero-order chi connectivity index (χ0) is 15.6. The molecule has 0 aliphatic rings. The molecule has 2 N–H and O–H groups in total. The Morgan fingerprint density at radius 3 is 2.57 bits per heavy atom. The quantitative estimate of drug-likeness (QED) is 0.529. The van der Waals surface area contributed by atoms with Crippen molar-refractivity contribution in [3.05, 3.63) is 30.3 Å². The molecule has 118 valence electrons. The number of benzene rings is 1. The molecule has 1 atom stereocenters.